The molecule has 1 unspecified atom stereocenters. The second-order valence-corrected chi connectivity index (χ2v) is 8.24. The number of aliphatic hydroxyl groups is 1. The van der Waals surface area contributed by atoms with Gasteiger partial charge in [-0.2, -0.15) is 5.10 Å². The number of unbranched alkanes of at least 4 members (excludes halogenated alkanes) is 1. The minimum atomic E-state index is -0.451. The molecule has 2 heterocycles. The van der Waals surface area contributed by atoms with Crippen molar-refractivity contribution in [3.05, 3.63) is 64.3 Å². The van der Waals surface area contributed by atoms with Crippen LogP contribution in [-0.2, 0) is 0 Å². The Hall–Kier alpha value is -3.32. The fourth-order valence-electron chi connectivity index (χ4n) is 4.43. The lowest BCUT2D eigenvalue weighted by molar-refractivity contribution is 0.0706. The first-order valence-corrected chi connectivity index (χ1v) is 11.0. The Morgan fingerprint density at radius 3 is 2.75 bits per heavy atom. The van der Waals surface area contributed by atoms with Crippen molar-refractivity contribution in [3.8, 4) is 22.8 Å². The van der Waals surface area contributed by atoms with Crippen LogP contribution in [0.1, 0.15) is 58.5 Å². The van der Waals surface area contributed by atoms with Gasteiger partial charge in [-0.25, -0.2) is 0 Å². The Morgan fingerprint density at radius 2 is 2.03 bits per heavy atom. The normalized spacial score (nSPS) is 15.3. The second-order valence-electron chi connectivity index (χ2n) is 8.24. The van der Waals surface area contributed by atoms with E-state index in [2.05, 4.69) is 17.1 Å². The highest BCUT2D eigenvalue weighted by Gasteiger charge is 2.42. The van der Waals surface area contributed by atoms with E-state index in [1.54, 1.807) is 11.0 Å². The van der Waals surface area contributed by atoms with E-state index >= 15 is 0 Å². The number of amides is 1. The van der Waals surface area contributed by atoms with Gasteiger partial charge in [0.25, 0.3) is 5.91 Å². The number of benzene rings is 2. The molecule has 0 saturated heterocycles. The number of nitrogens with zero attached hydrogens (tertiary/aromatic N) is 2. The summed E-state index contributed by atoms with van der Waals surface area (Å²) in [6.45, 7) is 6.61. The Kier molecular flexibility index (Phi) is 6.19. The van der Waals surface area contributed by atoms with Crippen molar-refractivity contribution in [3.63, 3.8) is 0 Å². The lowest BCUT2D eigenvalue weighted by Crippen LogP contribution is -2.32. The molecule has 0 fully saturated rings. The van der Waals surface area contributed by atoms with Crippen LogP contribution in [0.4, 0.5) is 0 Å². The lowest BCUT2D eigenvalue weighted by atomic mass is 9.93. The van der Waals surface area contributed by atoms with Gasteiger partial charge < -0.3 is 19.8 Å². The minimum Gasteiger partial charge on any atom is -0.507 e. The van der Waals surface area contributed by atoms with Crippen LogP contribution in [0.15, 0.2) is 36.4 Å². The van der Waals surface area contributed by atoms with Gasteiger partial charge in [0.05, 0.1) is 19.3 Å². The average Bonchev–Trinajstić information content (AvgIpc) is 3.28. The smallest absolute Gasteiger partial charge is 0.273 e. The third-order valence-corrected chi connectivity index (χ3v) is 5.84. The molecule has 7 nitrogen and oxygen atoms in total. The van der Waals surface area contributed by atoms with Gasteiger partial charge in [0.2, 0.25) is 0 Å². The van der Waals surface area contributed by atoms with Crippen molar-refractivity contribution in [2.45, 2.75) is 39.7 Å². The summed E-state index contributed by atoms with van der Waals surface area (Å²) in [7, 11) is 0. The van der Waals surface area contributed by atoms with Crippen LogP contribution in [0, 0.1) is 13.8 Å². The van der Waals surface area contributed by atoms with E-state index in [-0.39, 0.29) is 24.8 Å². The fourth-order valence-corrected chi connectivity index (χ4v) is 4.43. The van der Waals surface area contributed by atoms with E-state index in [0.29, 0.717) is 29.1 Å². The van der Waals surface area contributed by atoms with Gasteiger partial charge >= 0.3 is 0 Å². The molecule has 1 aliphatic heterocycles. The van der Waals surface area contributed by atoms with Crippen LogP contribution in [0.5, 0.6) is 11.5 Å². The average molecular weight is 436 g/mol. The van der Waals surface area contributed by atoms with Crippen LogP contribution >= 0.6 is 0 Å². The largest absolute Gasteiger partial charge is 0.507 e. The van der Waals surface area contributed by atoms with E-state index in [9.17, 15) is 15.0 Å². The highest BCUT2D eigenvalue weighted by molar-refractivity contribution is 6.00. The third-order valence-electron chi connectivity index (χ3n) is 5.84. The van der Waals surface area contributed by atoms with Crippen LogP contribution in [0.25, 0.3) is 11.3 Å². The molecule has 1 amide bonds. The first-order valence-electron chi connectivity index (χ1n) is 11.0. The van der Waals surface area contributed by atoms with Crippen molar-refractivity contribution in [2.75, 3.05) is 19.8 Å². The van der Waals surface area contributed by atoms with Crippen LogP contribution < -0.4 is 4.74 Å². The zero-order valence-corrected chi connectivity index (χ0v) is 18.7. The molecule has 32 heavy (non-hydrogen) atoms. The van der Waals surface area contributed by atoms with Gasteiger partial charge in [0, 0.05) is 17.7 Å². The number of aliphatic hydroxyl groups excluding tert-OH is 1. The molecule has 7 heteroatoms. The molecular weight excluding hydrogens is 406 g/mol. The van der Waals surface area contributed by atoms with Gasteiger partial charge in [0.15, 0.2) is 0 Å². The predicted molar refractivity (Wildman–Crippen MR) is 122 cm³/mol. The predicted octanol–water partition coefficient (Wildman–Crippen LogP) is 4.12. The molecule has 1 aliphatic rings. The SMILES string of the molecule is CCCCOc1cccc(C2c3c(-c4c(C)cc(C)cc4O)n[nH]c3C(=O)N2CCO)c1. The summed E-state index contributed by atoms with van der Waals surface area (Å²) in [5.74, 6) is 0.639. The van der Waals surface area contributed by atoms with E-state index in [4.69, 9.17) is 4.74 Å². The maximum absolute atomic E-state index is 13.2. The zero-order chi connectivity index (χ0) is 22.8. The molecule has 0 saturated carbocycles. The molecule has 1 aromatic heterocycles. The maximum atomic E-state index is 13.2. The van der Waals surface area contributed by atoms with Crippen molar-refractivity contribution >= 4 is 5.91 Å². The monoisotopic (exact) mass is 435 g/mol. The maximum Gasteiger partial charge on any atom is 0.273 e. The number of rotatable bonds is 8. The Morgan fingerprint density at radius 1 is 1.22 bits per heavy atom. The first kappa shape index (κ1) is 21.9. The number of hydrogen-bond donors (Lipinski definition) is 3. The van der Waals surface area contributed by atoms with Crippen LogP contribution in [-0.4, -0.2) is 51.0 Å². The lowest BCUT2D eigenvalue weighted by Gasteiger charge is -2.26. The van der Waals surface area contributed by atoms with E-state index in [0.717, 1.165) is 35.3 Å². The molecule has 4 rings (SSSR count). The highest BCUT2D eigenvalue weighted by atomic mass is 16.5. The number of nitrogens with one attached hydrogen (secondary N) is 1. The number of aromatic hydroxyl groups is 1. The number of aromatic amines is 1. The Bertz CT molecular complexity index is 1110. The number of phenolic OH excluding ortho intramolecular Hbond substituents is 1. The number of aryl methyl sites for hydroxylation is 2. The number of carbonyl (C=O) groups excluding carboxylic acids is 1. The summed E-state index contributed by atoms with van der Waals surface area (Å²) in [4.78, 5) is 14.8. The number of aromatic nitrogens is 2. The molecule has 0 aliphatic carbocycles. The number of β-amino-alcohol motifs (C(OH)–C–C–N with tert-alkyl or cyclic N) is 1. The summed E-state index contributed by atoms with van der Waals surface area (Å²) in [6, 6.07) is 10.9. The Balaban J connectivity index is 1.84. The number of hydrogen-bond acceptors (Lipinski definition) is 5. The van der Waals surface area contributed by atoms with Gasteiger partial charge in [-0.3, -0.25) is 9.89 Å². The summed E-state index contributed by atoms with van der Waals surface area (Å²) >= 11 is 0. The van der Waals surface area contributed by atoms with Gasteiger partial charge in [-0.15, -0.1) is 0 Å². The Labute approximate surface area is 187 Å². The number of fused-ring (bicyclic) bond motifs is 1. The minimum absolute atomic E-state index is 0.125. The molecule has 168 valence electrons. The second kappa shape index (κ2) is 9.04. The number of carbonyl (C=O) groups is 1. The molecule has 0 radical (unpaired) electrons. The van der Waals surface area contributed by atoms with Crippen molar-refractivity contribution in [2.24, 2.45) is 0 Å². The van der Waals surface area contributed by atoms with E-state index in [1.165, 1.54) is 0 Å². The highest BCUT2D eigenvalue weighted by Crippen LogP contribution is 2.45. The molecule has 0 bridgehead atoms. The van der Waals surface area contributed by atoms with E-state index < -0.39 is 6.04 Å². The summed E-state index contributed by atoms with van der Waals surface area (Å²) in [6.07, 6.45) is 2.01. The van der Waals surface area contributed by atoms with Gasteiger partial charge in [-0.1, -0.05) is 31.5 Å². The molecule has 0 spiro atoms. The summed E-state index contributed by atoms with van der Waals surface area (Å²) in [5.41, 5.74) is 4.93. The molecular formula is C25H29N3O4. The van der Waals surface area contributed by atoms with Gasteiger partial charge in [0.1, 0.15) is 22.9 Å². The van der Waals surface area contributed by atoms with Crippen molar-refractivity contribution < 1.29 is 19.7 Å². The molecule has 3 N–H and O–H groups in total. The number of H-pyrrole nitrogens is 1. The van der Waals surface area contributed by atoms with Crippen LogP contribution in [0.3, 0.4) is 0 Å². The van der Waals surface area contributed by atoms with Crippen molar-refractivity contribution in [1.29, 1.82) is 0 Å². The first-order chi connectivity index (χ1) is 15.5. The van der Waals surface area contributed by atoms with Crippen molar-refractivity contribution in [1.82, 2.24) is 15.1 Å². The standard InChI is InChI=1S/C25H29N3O4/c1-4-5-11-32-18-8-6-7-17(14-18)24-21-22(20-16(3)12-15(2)13-19(20)30)26-27-23(21)25(31)28(24)9-10-29/h6-8,12-14,24,29-30H,4-5,9-11H2,1-3H3,(H,26,27). The van der Waals surface area contributed by atoms with Gasteiger partial charge in [-0.05, 0) is 55.2 Å². The van der Waals surface area contributed by atoms with E-state index in [1.807, 2.05) is 44.2 Å². The summed E-state index contributed by atoms with van der Waals surface area (Å²) < 4.78 is 5.89. The third kappa shape index (κ3) is 3.84. The zero-order valence-electron chi connectivity index (χ0n) is 18.7. The topological polar surface area (TPSA) is 98.7 Å². The fraction of sp³-hybridized carbons (Fsp3) is 0.360. The van der Waals surface area contributed by atoms with Crippen LogP contribution in [0.2, 0.25) is 0 Å². The summed E-state index contributed by atoms with van der Waals surface area (Å²) in [5, 5.41) is 27.7. The quantitative estimate of drug-likeness (QED) is 0.463. The molecule has 3 aromatic rings. The number of ether oxygens (including phenoxy) is 1. The number of phenols is 1. The molecule has 2 aromatic carbocycles. The molecule has 1 atom stereocenters.